The molecule has 1 saturated heterocycles. The van der Waals surface area contributed by atoms with Crippen LogP contribution in [0.3, 0.4) is 0 Å². The molecule has 1 fully saturated rings. The highest BCUT2D eigenvalue weighted by Gasteiger charge is 2.14. The quantitative estimate of drug-likeness (QED) is 0.322. The lowest BCUT2D eigenvalue weighted by molar-refractivity contribution is 0.122. The number of benzene rings is 1. The first-order valence-electron chi connectivity index (χ1n) is 10.2. The van der Waals surface area contributed by atoms with Crippen molar-refractivity contribution in [3.8, 4) is 0 Å². The van der Waals surface area contributed by atoms with Crippen LogP contribution in [-0.4, -0.2) is 44.8 Å². The van der Waals surface area contributed by atoms with Crippen LogP contribution in [-0.2, 0) is 17.7 Å². The fourth-order valence-corrected chi connectivity index (χ4v) is 4.44. The van der Waals surface area contributed by atoms with E-state index in [-0.39, 0.29) is 24.0 Å². The summed E-state index contributed by atoms with van der Waals surface area (Å²) in [5, 5.41) is 6.94. The minimum absolute atomic E-state index is 0. The topological polar surface area (TPSA) is 48.9 Å². The number of rotatable bonds is 7. The Morgan fingerprint density at radius 1 is 1.21 bits per heavy atom. The molecule has 1 aliphatic heterocycles. The van der Waals surface area contributed by atoms with Gasteiger partial charge < -0.3 is 20.3 Å². The molecule has 2 heterocycles. The van der Waals surface area contributed by atoms with E-state index in [9.17, 15) is 0 Å². The number of nitrogens with one attached hydrogen (secondary N) is 2. The van der Waals surface area contributed by atoms with Crippen molar-refractivity contribution in [1.82, 2.24) is 10.6 Å². The molecule has 0 bridgehead atoms. The summed E-state index contributed by atoms with van der Waals surface area (Å²) in [6, 6.07) is 13.3. The number of morpholine rings is 1. The van der Waals surface area contributed by atoms with Gasteiger partial charge in [-0.2, -0.15) is 0 Å². The Bertz CT molecular complexity index is 774. The van der Waals surface area contributed by atoms with Gasteiger partial charge in [0.05, 0.1) is 19.8 Å². The first-order chi connectivity index (χ1) is 13.7. The molecule has 5 nitrogen and oxygen atoms in total. The molecule has 1 aromatic carbocycles. The number of para-hydroxylation sites is 1. The van der Waals surface area contributed by atoms with Gasteiger partial charge in [0.25, 0.3) is 0 Å². The molecule has 0 amide bonds. The van der Waals surface area contributed by atoms with Crippen LogP contribution in [0.15, 0.2) is 41.4 Å². The van der Waals surface area contributed by atoms with Crippen molar-refractivity contribution in [2.45, 2.75) is 39.8 Å². The van der Waals surface area contributed by atoms with Gasteiger partial charge in [0.2, 0.25) is 0 Å². The van der Waals surface area contributed by atoms with Gasteiger partial charge in [0.15, 0.2) is 5.96 Å². The molecule has 0 spiro atoms. The molecule has 0 saturated carbocycles. The minimum Gasteiger partial charge on any atom is -0.378 e. The van der Waals surface area contributed by atoms with E-state index >= 15 is 0 Å². The van der Waals surface area contributed by atoms with Crippen LogP contribution in [0.4, 0.5) is 5.69 Å². The Morgan fingerprint density at radius 3 is 2.66 bits per heavy atom. The van der Waals surface area contributed by atoms with Crippen LogP contribution >= 0.6 is 35.3 Å². The summed E-state index contributed by atoms with van der Waals surface area (Å²) in [7, 11) is 0. The fraction of sp³-hybridized carbons (Fsp3) is 0.500. The van der Waals surface area contributed by atoms with E-state index in [1.807, 2.05) is 11.3 Å². The van der Waals surface area contributed by atoms with Crippen molar-refractivity contribution < 1.29 is 4.74 Å². The summed E-state index contributed by atoms with van der Waals surface area (Å²) in [5.41, 5.74) is 2.52. The third kappa shape index (κ3) is 7.46. The maximum Gasteiger partial charge on any atom is 0.191 e. The third-order valence-electron chi connectivity index (χ3n) is 4.78. The Kier molecular flexibility index (Phi) is 10.2. The van der Waals surface area contributed by atoms with E-state index < -0.39 is 0 Å². The van der Waals surface area contributed by atoms with Crippen LogP contribution in [0, 0.1) is 6.92 Å². The number of thiophene rings is 1. The van der Waals surface area contributed by atoms with E-state index in [1.165, 1.54) is 21.0 Å². The molecular formula is C22H33IN4OS. The predicted octanol–water partition coefficient (Wildman–Crippen LogP) is 4.20. The van der Waals surface area contributed by atoms with Crippen LogP contribution in [0.5, 0.6) is 0 Å². The highest BCUT2D eigenvalue weighted by molar-refractivity contribution is 14.0. The van der Waals surface area contributed by atoms with Crippen molar-refractivity contribution in [3.63, 3.8) is 0 Å². The smallest absolute Gasteiger partial charge is 0.191 e. The lowest BCUT2D eigenvalue weighted by Crippen LogP contribution is -2.43. The number of hydrogen-bond acceptors (Lipinski definition) is 4. The Balaban J connectivity index is 0.00000300. The van der Waals surface area contributed by atoms with Gasteiger partial charge in [-0.05, 0) is 44.5 Å². The number of anilines is 1. The number of nitrogens with zero attached hydrogens (tertiary/aromatic N) is 2. The SMILES string of the molecule is CCNC(=NCc1ccccc1N1CCOCC1)NC(C)Cc1ccc(C)s1.I. The first kappa shape index (κ1) is 24.0. The lowest BCUT2D eigenvalue weighted by atomic mass is 10.1. The molecule has 29 heavy (non-hydrogen) atoms. The zero-order valence-corrected chi connectivity index (χ0v) is 20.8. The molecule has 1 atom stereocenters. The molecule has 1 unspecified atom stereocenters. The molecule has 1 aromatic heterocycles. The average Bonchev–Trinajstić information content (AvgIpc) is 3.11. The van der Waals surface area contributed by atoms with Gasteiger partial charge in [-0.15, -0.1) is 35.3 Å². The summed E-state index contributed by atoms with van der Waals surface area (Å²) in [6.45, 7) is 11.4. The van der Waals surface area contributed by atoms with Gasteiger partial charge in [0, 0.05) is 47.5 Å². The number of aryl methyl sites for hydroxylation is 1. The van der Waals surface area contributed by atoms with Crippen LogP contribution in [0.25, 0.3) is 0 Å². The monoisotopic (exact) mass is 528 g/mol. The van der Waals surface area contributed by atoms with Crippen molar-refractivity contribution in [1.29, 1.82) is 0 Å². The zero-order chi connectivity index (χ0) is 19.8. The predicted molar refractivity (Wildman–Crippen MR) is 135 cm³/mol. The summed E-state index contributed by atoms with van der Waals surface area (Å²) >= 11 is 1.87. The second-order valence-electron chi connectivity index (χ2n) is 7.19. The second kappa shape index (κ2) is 12.4. The van der Waals surface area contributed by atoms with Gasteiger partial charge in [-0.1, -0.05) is 18.2 Å². The summed E-state index contributed by atoms with van der Waals surface area (Å²) in [5.74, 6) is 0.875. The Hall–Kier alpha value is -1.32. The minimum atomic E-state index is 0. The molecule has 2 N–H and O–H groups in total. The summed E-state index contributed by atoms with van der Waals surface area (Å²) in [6.07, 6.45) is 1.01. The Labute approximate surface area is 196 Å². The van der Waals surface area contributed by atoms with Gasteiger partial charge in [-0.25, -0.2) is 4.99 Å². The molecule has 1 aliphatic rings. The molecular weight excluding hydrogens is 495 g/mol. The van der Waals surface area contributed by atoms with Gasteiger partial charge in [-0.3, -0.25) is 0 Å². The van der Waals surface area contributed by atoms with Crippen molar-refractivity contribution in [2.75, 3.05) is 37.7 Å². The van der Waals surface area contributed by atoms with E-state index in [2.05, 4.69) is 72.7 Å². The zero-order valence-electron chi connectivity index (χ0n) is 17.6. The average molecular weight is 529 g/mol. The number of aliphatic imine (C=N–C) groups is 1. The number of guanidine groups is 1. The second-order valence-corrected chi connectivity index (χ2v) is 8.56. The molecule has 2 aromatic rings. The van der Waals surface area contributed by atoms with Crippen molar-refractivity contribution >= 4 is 47.0 Å². The van der Waals surface area contributed by atoms with E-state index in [4.69, 9.17) is 9.73 Å². The Morgan fingerprint density at radius 2 is 1.97 bits per heavy atom. The summed E-state index contributed by atoms with van der Waals surface area (Å²) in [4.78, 5) is 10.0. The van der Waals surface area contributed by atoms with E-state index in [0.29, 0.717) is 12.6 Å². The number of halogens is 1. The first-order valence-corrected chi connectivity index (χ1v) is 11.0. The maximum absolute atomic E-state index is 5.50. The number of hydrogen-bond donors (Lipinski definition) is 2. The van der Waals surface area contributed by atoms with Gasteiger partial charge in [0.1, 0.15) is 0 Å². The third-order valence-corrected chi connectivity index (χ3v) is 5.80. The molecule has 7 heteroatoms. The van der Waals surface area contributed by atoms with Gasteiger partial charge >= 0.3 is 0 Å². The van der Waals surface area contributed by atoms with Crippen LogP contribution in [0.1, 0.15) is 29.2 Å². The van der Waals surface area contributed by atoms with Crippen LogP contribution in [0.2, 0.25) is 0 Å². The lowest BCUT2D eigenvalue weighted by Gasteiger charge is -2.30. The highest BCUT2D eigenvalue weighted by Crippen LogP contribution is 2.22. The molecule has 160 valence electrons. The van der Waals surface area contributed by atoms with E-state index in [0.717, 1.165) is 45.2 Å². The van der Waals surface area contributed by atoms with E-state index in [1.54, 1.807) is 0 Å². The standard InChI is InChI=1S/C22H32N4OS.HI/c1-4-23-22(25-17(2)15-20-10-9-18(3)28-20)24-16-19-7-5-6-8-21(19)26-11-13-27-14-12-26;/h5-10,17H,4,11-16H2,1-3H3,(H2,23,24,25);1H. The number of ether oxygens (including phenoxy) is 1. The van der Waals surface area contributed by atoms with Crippen molar-refractivity contribution in [2.24, 2.45) is 4.99 Å². The maximum atomic E-state index is 5.50. The molecule has 0 aliphatic carbocycles. The highest BCUT2D eigenvalue weighted by atomic mass is 127. The molecule has 3 rings (SSSR count). The summed E-state index contributed by atoms with van der Waals surface area (Å²) < 4.78 is 5.50. The molecule has 0 radical (unpaired) electrons. The largest absolute Gasteiger partial charge is 0.378 e. The fourth-order valence-electron chi connectivity index (χ4n) is 3.42. The van der Waals surface area contributed by atoms with Crippen LogP contribution < -0.4 is 15.5 Å². The normalized spacial score (nSPS) is 15.6. The van der Waals surface area contributed by atoms with Crippen molar-refractivity contribution in [3.05, 3.63) is 51.7 Å².